The summed E-state index contributed by atoms with van der Waals surface area (Å²) in [5.41, 5.74) is 3.37. The minimum atomic E-state index is 0.910. The average Bonchev–Trinajstić information content (AvgIpc) is 2.82. The van der Waals surface area contributed by atoms with Crippen LogP contribution in [0.4, 0.5) is 0 Å². The molecule has 0 saturated carbocycles. The van der Waals surface area contributed by atoms with Crippen molar-refractivity contribution in [3.63, 3.8) is 0 Å². The quantitative estimate of drug-likeness (QED) is 0.879. The van der Waals surface area contributed by atoms with Crippen LogP contribution in [0.1, 0.15) is 17.1 Å². The summed E-state index contributed by atoms with van der Waals surface area (Å²) in [4.78, 5) is 0. The third-order valence-electron chi connectivity index (χ3n) is 3.01. The van der Waals surface area contributed by atoms with E-state index in [1.807, 2.05) is 37.8 Å². The zero-order chi connectivity index (χ0) is 12.4. The van der Waals surface area contributed by atoms with Crippen molar-refractivity contribution in [2.75, 3.05) is 13.6 Å². The molecule has 0 aromatic carbocycles. The van der Waals surface area contributed by atoms with Crippen molar-refractivity contribution in [2.24, 2.45) is 7.05 Å². The number of hydrogen-bond acceptors (Lipinski definition) is 3. The second-order valence-electron chi connectivity index (χ2n) is 4.29. The fourth-order valence-corrected chi connectivity index (χ4v) is 1.98. The average molecular weight is 233 g/mol. The van der Waals surface area contributed by atoms with Gasteiger partial charge >= 0.3 is 0 Å². The summed E-state index contributed by atoms with van der Waals surface area (Å²) in [5, 5.41) is 7.70. The molecule has 17 heavy (non-hydrogen) atoms. The first-order valence-electron chi connectivity index (χ1n) is 5.87. The van der Waals surface area contributed by atoms with Crippen LogP contribution in [0.25, 0.3) is 11.3 Å². The number of furan rings is 1. The minimum Gasteiger partial charge on any atom is -0.461 e. The summed E-state index contributed by atoms with van der Waals surface area (Å²) in [6.45, 7) is 4.95. The van der Waals surface area contributed by atoms with Crippen molar-refractivity contribution in [3.8, 4) is 11.3 Å². The standard InChI is InChI=1S/C13H19N3O/c1-9-5-6-12(17-9)13-10(2)16(4)15-11(13)7-8-14-3/h5-6,14H,7-8H2,1-4H3. The molecule has 2 heterocycles. The van der Waals surface area contributed by atoms with Crippen molar-refractivity contribution >= 4 is 0 Å². The normalized spacial score (nSPS) is 11.1. The molecule has 0 aliphatic heterocycles. The van der Waals surface area contributed by atoms with E-state index in [9.17, 15) is 0 Å². The molecule has 0 fully saturated rings. The van der Waals surface area contributed by atoms with E-state index in [-0.39, 0.29) is 0 Å². The molecule has 4 nitrogen and oxygen atoms in total. The molecule has 0 atom stereocenters. The molecule has 0 spiro atoms. The Labute approximate surface area is 102 Å². The molecular weight excluding hydrogens is 214 g/mol. The van der Waals surface area contributed by atoms with Crippen LogP contribution in [0, 0.1) is 13.8 Å². The molecule has 92 valence electrons. The molecule has 2 aromatic heterocycles. The molecule has 0 aliphatic rings. The molecule has 0 saturated heterocycles. The molecule has 4 heteroatoms. The first-order chi connectivity index (χ1) is 8.13. The Hall–Kier alpha value is -1.55. The van der Waals surface area contributed by atoms with Gasteiger partial charge in [-0.15, -0.1) is 0 Å². The third kappa shape index (κ3) is 2.26. The lowest BCUT2D eigenvalue weighted by Gasteiger charge is -2.00. The molecule has 0 radical (unpaired) electrons. The third-order valence-corrected chi connectivity index (χ3v) is 3.01. The predicted molar refractivity (Wildman–Crippen MR) is 68.0 cm³/mol. The Morgan fingerprint density at radius 1 is 1.35 bits per heavy atom. The van der Waals surface area contributed by atoms with Gasteiger partial charge in [0.15, 0.2) is 0 Å². The summed E-state index contributed by atoms with van der Waals surface area (Å²) < 4.78 is 7.63. The van der Waals surface area contributed by atoms with Gasteiger partial charge in [0.05, 0.1) is 11.3 Å². The highest BCUT2D eigenvalue weighted by Crippen LogP contribution is 2.28. The van der Waals surface area contributed by atoms with Crippen LogP contribution in [0.5, 0.6) is 0 Å². The van der Waals surface area contributed by atoms with Gasteiger partial charge in [-0.05, 0) is 33.0 Å². The molecule has 2 aromatic rings. The van der Waals surface area contributed by atoms with Crippen molar-refractivity contribution in [2.45, 2.75) is 20.3 Å². The predicted octanol–water partition coefficient (Wildman–Crippen LogP) is 2.06. The topological polar surface area (TPSA) is 43.0 Å². The summed E-state index contributed by atoms with van der Waals surface area (Å²) >= 11 is 0. The fraction of sp³-hybridized carbons (Fsp3) is 0.462. The van der Waals surface area contributed by atoms with Gasteiger partial charge in [-0.3, -0.25) is 4.68 Å². The zero-order valence-electron chi connectivity index (χ0n) is 10.9. The Bertz CT molecular complexity index is 511. The van der Waals surface area contributed by atoms with E-state index in [0.717, 1.165) is 41.4 Å². The first-order valence-corrected chi connectivity index (χ1v) is 5.87. The van der Waals surface area contributed by atoms with Gasteiger partial charge in [0.25, 0.3) is 0 Å². The number of nitrogens with zero attached hydrogens (tertiary/aromatic N) is 2. The second-order valence-corrected chi connectivity index (χ2v) is 4.29. The maximum absolute atomic E-state index is 5.71. The monoisotopic (exact) mass is 233 g/mol. The van der Waals surface area contributed by atoms with Crippen molar-refractivity contribution in [1.29, 1.82) is 0 Å². The van der Waals surface area contributed by atoms with E-state index in [2.05, 4.69) is 17.3 Å². The van der Waals surface area contributed by atoms with Gasteiger partial charge in [-0.1, -0.05) is 0 Å². The van der Waals surface area contributed by atoms with Crippen molar-refractivity contribution in [1.82, 2.24) is 15.1 Å². The van der Waals surface area contributed by atoms with Gasteiger partial charge in [0, 0.05) is 25.7 Å². The van der Waals surface area contributed by atoms with E-state index in [4.69, 9.17) is 4.42 Å². The lowest BCUT2D eigenvalue weighted by atomic mass is 10.1. The van der Waals surface area contributed by atoms with Crippen LogP contribution >= 0.6 is 0 Å². The van der Waals surface area contributed by atoms with Crippen LogP contribution < -0.4 is 5.32 Å². The summed E-state index contributed by atoms with van der Waals surface area (Å²) in [6, 6.07) is 4.01. The van der Waals surface area contributed by atoms with E-state index in [0.29, 0.717) is 0 Å². The van der Waals surface area contributed by atoms with Crippen molar-refractivity contribution < 1.29 is 4.42 Å². The van der Waals surface area contributed by atoms with Crippen LogP contribution in [-0.4, -0.2) is 23.4 Å². The fourth-order valence-electron chi connectivity index (χ4n) is 1.98. The van der Waals surface area contributed by atoms with Gasteiger partial charge < -0.3 is 9.73 Å². The Morgan fingerprint density at radius 2 is 2.12 bits per heavy atom. The smallest absolute Gasteiger partial charge is 0.137 e. The molecule has 1 N–H and O–H groups in total. The SMILES string of the molecule is CNCCc1nn(C)c(C)c1-c1ccc(C)o1. The van der Waals surface area contributed by atoms with Crippen LogP contribution in [0.2, 0.25) is 0 Å². The molecule has 0 bridgehead atoms. The molecule has 2 rings (SSSR count). The number of hydrogen-bond donors (Lipinski definition) is 1. The van der Waals surface area contributed by atoms with E-state index < -0.39 is 0 Å². The Morgan fingerprint density at radius 3 is 2.71 bits per heavy atom. The highest BCUT2D eigenvalue weighted by atomic mass is 16.3. The lowest BCUT2D eigenvalue weighted by molar-refractivity contribution is 0.547. The van der Waals surface area contributed by atoms with E-state index in [1.165, 1.54) is 0 Å². The maximum atomic E-state index is 5.71. The van der Waals surface area contributed by atoms with Crippen molar-refractivity contribution in [3.05, 3.63) is 29.3 Å². The first kappa shape index (κ1) is 11.9. The highest BCUT2D eigenvalue weighted by Gasteiger charge is 2.16. The van der Waals surface area contributed by atoms with Gasteiger partial charge in [0.1, 0.15) is 11.5 Å². The Balaban J connectivity index is 2.43. The summed E-state index contributed by atoms with van der Waals surface area (Å²) in [5.74, 6) is 1.85. The lowest BCUT2D eigenvalue weighted by Crippen LogP contribution is -2.11. The van der Waals surface area contributed by atoms with Crippen LogP contribution in [0.15, 0.2) is 16.5 Å². The number of rotatable bonds is 4. The molecule has 0 amide bonds. The highest BCUT2D eigenvalue weighted by molar-refractivity contribution is 5.63. The van der Waals surface area contributed by atoms with Gasteiger partial charge in [-0.2, -0.15) is 5.10 Å². The molecule has 0 unspecified atom stereocenters. The zero-order valence-corrected chi connectivity index (χ0v) is 10.9. The van der Waals surface area contributed by atoms with Gasteiger partial charge in [-0.25, -0.2) is 0 Å². The van der Waals surface area contributed by atoms with Crippen LogP contribution in [-0.2, 0) is 13.5 Å². The number of aromatic nitrogens is 2. The maximum Gasteiger partial charge on any atom is 0.137 e. The van der Waals surface area contributed by atoms with E-state index in [1.54, 1.807) is 0 Å². The molecule has 0 aliphatic carbocycles. The van der Waals surface area contributed by atoms with Crippen LogP contribution in [0.3, 0.4) is 0 Å². The number of likely N-dealkylation sites (N-methyl/N-ethyl adjacent to an activating group) is 1. The minimum absolute atomic E-state index is 0.910. The number of nitrogens with one attached hydrogen (secondary N) is 1. The molecular formula is C13H19N3O. The largest absolute Gasteiger partial charge is 0.461 e. The number of aryl methyl sites for hydroxylation is 2. The van der Waals surface area contributed by atoms with E-state index >= 15 is 0 Å². The van der Waals surface area contributed by atoms with Gasteiger partial charge in [0.2, 0.25) is 0 Å². The summed E-state index contributed by atoms with van der Waals surface area (Å²) in [7, 11) is 3.92. The second kappa shape index (κ2) is 4.75. The Kier molecular flexibility index (Phi) is 3.33. The summed E-state index contributed by atoms with van der Waals surface area (Å²) in [6.07, 6.45) is 0.910.